The van der Waals surface area contributed by atoms with Crippen LogP contribution in [0.2, 0.25) is 0 Å². The van der Waals surface area contributed by atoms with E-state index in [-0.39, 0.29) is 6.67 Å². The van der Waals surface area contributed by atoms with Crippen LogP contribution in [-0.2, 0) is 0 Å². The quantitative estimate of drug-likeness (QED) is 0.853. The topological polar surface area (TPSA) is 21.1 Å². The number of alkyl halides is 1. The van der Waals surface area contributed by atoms with Gasteiger partial charge in [0, 0.05) is 43.5 Å². The van der Waals surface area contributed by atoms with Gasteiger partial charge in [-0.25, -0.2) is 9.37 Å². The number of nitrogens with zero attached hydrogens (tertiary/aromatic N) is 3. The van der Waals surface area contributed by atoms with Crippen LogP contribution in [0.15, 0.2) is 24.5 Å². The average molecular weight is 275 g/mol. The van der Waals surface area contributed by atoms with Crippen molar-refractivity contribution in [1.29, 1.82) is 0 Å². The molecular weight excluding hydrogens is 253 g/mol. The van der Waals surface area contributed by atoms with Gasteiger partial charge in [-0.1, -0.05) is 13.8 Å². The lowest BCUT2D eigenvalue weighted by molar-refractivity contribution is 0.288. The second kappa shape index (κ2) is 5.52. The Hall–Kier alpha value is -1.42. The molecule has 1 aliphatic heterocycles. The summed E-state index contributed by atoms with van der Waals surface area (Å²) in [7, 11) is 0. The molecule has 0 N–H and O–H groups in total. The maximum absolute atomic E-state index is 12.5. The number of halogens is 1. The average Bonchev–Trinajstić information content (AvgIpc) is 3.03. The lowest BCUT2D eigenvalue weighted by Crippen LogP contribution is -2.23. The summed E-state index contributed by atoms with van der Waals surface area (Å²) in [6.45, 7) is 6.65. The van der Waals surface area contributed by atoms with Crippen LogP contribution < -0.4 is 0 Å². The van der Waals surface area contributed by atoms with Crippen molar-refractivity contribution in [3.63, 3.8) is 0 Å². The van der Waals surface area contributed by atoms with Crippen LogP contribution in [0.4, 0.5) is 4.39 Å². The van der Waals surface area contributed by atoms with Crippen LogP contribution in [-0.4, -0.2) is 40.8 Å². The maximum Gasteiger partial charge on any atom is 0.140 e. The molecule has 0 bridgehead atoms. The molecule has 1 atom stereocenters. The second-order valence-electron chi connectivity index (χ2n) is 5.95. The highest BCUT2D eigenvalue weighted by Gasteiger charge is 2.25. The summed E-state index contributed by atoms with van der Waals surface area (Å²) >= 11 is 0. The Morgan fingerprint density at radius 3 is 3.05 bits per heavy atom. The predicted octanol–water partition coefficient (Wildman–Crippen LogP) is 3.38. The van der Waals surface area contributed by atoms with Crippen molar-refractivity contribution in [1.82, 2.24) is 14.5 Å². The Kier molecular flexibility index (Phi) is 3.74. The number of pyridine rings is 1. The molecule has 3 rings (SSSR count). The van der Waals surface area contributed by atoms with Gasteiger partial charge in [-0.05, 0) is 30.0 Å². The minimum absolute atomic E-state index is 0.255. The summed E-state index contributed by atoms with van der Waals surface area (Å²) in [6.07, 6.45) is 5.20. The van der Waals surface area contributed by atoms with Crippen LogP contribution in [0, 0.1) is 0 Å². The van der Waals surface area contributed by atoms with E-state index in [0.29, 0.717) is 18.5 Å². The third-order valence-corrected chi connectivity index (χ3v) is 4.28. The normalized spacial score (nSPS) is 20.3. The van der Waals surface area contributed by atoms with E-state index in [0.717, 1.165) is 25.2 Å². The van der Waals surface area contributed by atoms with Crippen LogP contribution >= 0.6 is 0 Å². The third-order valence-electron chi connectivity index (χ3n) is 4.28. The Morgan fingerprint density at radius 1 is 1.45 bits per heavy atom. The van der Waals surface area contributed by atoms with Crippen molar-refractivity contribution in [2.75, 3.05) is 26.3 Å². The molecule has 20 heavy (non-hydrogen) atoms. The van der Waals surface area contributed by atoms with Gasteiger partial charge in [-0.15, -0.1) is 0 Å². The molecule has 0 aliphatic carbocycles. The number of aromatic nitrogens is 2. The van der Waals surface area contributed by atoms with Gasteiger partial charge < -0.3 is 4.57 Å². The Bertz CT molecular complexity index is 590. The molecule has 1 fully saturated rings. The van der Waals surface area contributed by atoms with Gasteiger partial charge in [0.15, 0.2) is 0 Å². The van der Waals surface area contributed by atoms with E-state index in [1.807, 2.05) is 12.3 Å². The van der Waals surface area contributed by atoms with Crippen LogP contribution in [0.5, 0.6) is 0 Å². The molecular formula is C16H22FN3. The summed E-state index contributed by atoms with van der Waals surface area (Å²) in [5.41, 5.74) is 2.43. The predicted molar refractivity (Wildman–Crippen MR) is 79.9 cm³/mol. The largest absolute Gasteiger partial charge is 0.328 e. The molecule has 108 valence electrons. The summed E-state index contributed by atoms with van der Waals surface area (Å²) in [4.78, 5) is 6.77. The molecule has 2 aromatic rings. The first-order valence-electron chi connectivity index (χ1n) is 7.44. The minimum Gasteiger partial charge on any atom is -0.328 e. The molecule has 3 nitrogen and oxygen atoms in total. The van der Waals surface area contributed by atoms with Gasteiger partial charge in [0.25, 0.3) is 0 Å². The molecule has 1 saturated heterocycles. The zero-order chi connectivity index (χ0) is 14.1. The van der Waals surface area contributed by atoms with E-state index in [1.165, 1.54) is 10.9 Å². The number of likely N-dealkylation sites (tertiary alicyclic amines) is 1. The number of rotatable bonds is 4. The fraction of sp³-hybridized carbons (Fsp3) is 0.562. The van der Waals surface area contributed by atoms with Crippen LogP contribution in [0.3, 0.4) is 0 Å². The molecule has 2 aromatic heterocycles. The highest BCUT2D eigenvalue weighted by Crippen LogP contribution is 2.31. The summed E-state index contributed by atoms with van der Waals surface area (Å²) in [5, 5.41) is 1.26. The van der Waals surface area contributed by atoms with Crippen molar-refractivity contribution < 1.29 is 4.39 Å². The van der Waals surface area contributed by atoms with E-state index in [9.17, 15) is 4.39 Å². The van der Waals surface area contributed by atoms with Gasteiger partial charge in [0.1, 0.15) is 12.3 Å². The van der Waals surface area contributed by atoms with Crippen molar-refractivity contribution >= 4 is 11.0 Å². The number of fused-ring (bicyclic) bond motifs is 1. The van der Waals surface area contributed by atoms with E-state index in [4.69, 9.17) is 0 Å². The van der Waals surface area contributed by atoms with E-state index >= 15 is 0 Å². The lowest BCUT2D eigenvalue weighted by Gasteiger charge is -2.15. The van der Waals surface area contributed by atoms with Gasteiger partial charge in [-0.2, -0.15) is 0 Å². The van der Waals surface area contributed by atoms with Crippen molar-refractivity contribution in [3.05, 3.63) is 30.1 Å². The SMILES string of the molecule is CC(C)c1cn([C@@H]2CCN(CCF)C2)c2ncccc12. The van der Waals surface area contributed by atoms with Gasteiger partial charge >= 0.3 is 0 Å². The summed E-state index contributed by atoms with van der Waals surface area (Å²) < 4.78 is 14.8. The molecule has 0 spiro atoms. The van der Waals surface area contributed by atoms with Crippen LogP contribution in [0.1, 0.15) is 37.8 Å². The molecule has 0 aromatic carbocycles. The third kappa shape index (κ3) is 2.33. The molecule has 4 heteroatoms. The molecule has 0 saturated carbocycles. The molecule has 3 heterocycles. The molecule has 0 radical (unpaired) electrons. The van der Waals surface area contributed by atoms with Gasteiger partial charge in [0.2, 0.25) is 0 Å². The van der Waals surface area contributed by atoms with Crippen molar-refractivity contribution in [2.24, 2.45) is 0 Å². The van der Waals surface area contributed by atoms with E-state index in [1.54, 1.807) is 0 Å². The first-order chi connectivity index (χ1) is 9.70. The highest BCUT2D eigenvalue weighted by molar-refractivity contribution is 5.81. The monoisotopic (exact) mass is 275 g/mol. The highest BCUT2D eigenvalue weighted by atomic mass is 19.1. The van der Waals surface area contributed by atoms with Gasteiger partial charge in [-0.3, -0.25) is 4.90 Å². The van der Waals surface area contributed by atoms with E-state index in [2.05, 4.69) is 40.6 Å². The molecule has 1 aliphatic rings. The fourth-order valence-electron chi connectivity index (χ4n) is 3.21. The van der Waals surface area contributed by atoms with Crippen molar-refractivity contribution in [2.45, 2.75) is 32.2 Å². The second-order valence-corrected chi connectivity index (χ2v) is 5.95. The molecule has 0 amide bonds. The smallest absolute Gasteiger partial charge is 0.140 e. The first kappa shape index (κ1) is 13.6. The van der Waals surface area contributed by atoms with Crippen LogP contribution in [0.25, 0.3) is 11.0 Å². The summed E-state index contributed by atoms with van der Waals surface area (Å²) in [6, 6.07) is 4.58. The standard InChI is InChI=1S/C16H22FN3/c1-12(2)15-11-20(16-14(15)4-3-7-18-16)13-5-8-19(10-13)9-6-17/h3-4,7,11-13H,5-6,8-10H2,1-2H3/t13-/m1/s1. The Morgan fingerprint density at radius 2 is 2.30 bits per heavy atom. The maximum atomic E-state index is 12.5. The first-order valence-corrected chi connectivity index (χ1v) is 7.44. The summed E-state index contributed by atoms with van der Waals surface area (Å²) in [5.74, 6) is 0.492. The number of hydrogen-bond donors (Lipinski definition) is 0. The fourth-order valence-corrected chi connectivity index (χ4v) is 3.21. The Balaban J connectivity index is 1.96. The Labute approximate surface area is 119 Å². The van der Waals surface area contributed by atoms with Gasteiger partial charge in [0.05, 0.1) is 0 Å². The number of hydrogen-bond acceptors (Lipinski definition) is 2. The molecule has 0 unspecified atom stereocenters. The van der Waals surface area contributed by atoms with Crippen molar-refractivity contribution in [3.8, 4) is 0 Å². The minimum atomic E-state index is -0.255. The zero-order valence-electron chi connectivity index (χ0n) is 12.2. The van der Waals surface area contributed by atoms with E-state index < -0.39 is 0 Å². The lowest BCUT2D eigenvalue weighted by atomic mass is 10.0. The zero-order valence-corrected chi connectivity index (χ0v) is 12.2.